The first-order valence-corrected chi connectivity index (χ1v) is 6.48. The van der Waals surface area contributed by atoms with Gasteiger partial charge in [0.25, 0.3) is 5.91 Å². The van der Waals surface area contributed by atoms with Gasteiger partial charge in [0.15, 0.2) is 11.9 Å². The smallest absolute Gasteiger partial charge is 0.274 e. The van der Waals surface area contributed by atoms with E-state index >= 15 is 0 Å². The molecule has 0 bridgehead atoms. The number of hydrogen-bond acceptors (Lipinski definition) is 4. The SMILES string of the molecule is CC(Oc1ccc(C(=O)c2ccccc2)cc1)C(=O)NN. The van der Waals surface area contributed by atoms with Gasteiger partial charge < -0.3 is 4.74 Å². The number of carbonyl (C=O) groups is 2. The summed E-state index contributed by atoms with van der Waals surface area (Å²) in [4.78, 5) is 23.5. The zero-order valence-corrected chi connectivity index (χ0v) is 11.6. The summed E-state index contributed by atoms with van der Waals surface area (Å²) in [7, 11) is 0. The van der Waals surface area contributed by atoms with E-state index in [1.54, 1.807) is 43.3 Å². The van der Waals surface area contributed by atoms with Gasteiger partial charge in [-0.2, -0.15) is 0 Å². The van der Waals surface area contributed by atoms with Crippen molar-refractivity contribution in [1.29, 1.82) is 0 Å². The maximum atomic E-state index is 12.2. The van der Waals surface area contributed by atoms with Gasteiger partial charge >= 0.3 is 0 Å². The highest BCUT2D eigenvalue weighted by Gasteiger charge is 2.13. The van der Waals surface area contributed by atoms with Crippen LogP contribution in [-0.4, -0.2) is 17.8 Å². The molecule has 0 aliphatic heterocycles. The van der Waals surface area contributed by atoms with Crippen LogP contribution in [0.3, 0.4) is 0 Å². The fourth-order valence-electron chi connectivity index (χ4n) is 1.82. The molecule has 0 saturated heterocycles. The molecule has 0 spiro atoms. The summed E-state index contributed by atoms with van der Waals surface area (Å²) in [5.41, 5.74) is 3.20. The molecule has 21 heavy (non-hydrogen) atoms. The highest BCUT2D eigenvalue weighted by atomic mass is 16.5. The summed E-state index contributed by atoms with van der Waals surface area (Å²) in [5.74, 6) is 5.05. The van der Waals surface area contributed by atoms with Crippen LogP contribution < -0.4 is 16.0 Å². The lowest BCUT2D eigenvalue weighted by Crippen LogP contribution is -2.40. The third-order valence-electron chi connectivity index (χ3n) is 2.98. The lowest BCUT2D eigenvalue weighted by Gasteiger charge is -2.13. The maximum absolute atomic E-state index is 12.2. The van der Waals surface area contributed by atoms with Gasteiger partial charge in [-0.3, -0.25) is 15.0 Å². The van der Waals surface area contributed by atoms with Crippen molar-refractivity contribution in [1.82, 2.24) is 5.43 Å². The van der Waals surface area contributed by atoms with Crippen molar-refractivity contribution in [3.05, 3.63) is 65.7 Å². The van der Waals surface area contributed by atoms with E-state index in [9.17, 15) is 9.59 Å². The molecule has 0 heterocycles. The number of ether oxygens (including phenoxy) is 1. The number of rotatable bonds is 5. The van der Waals surface area contributed by atoms with Gasteiger partial charge in [0.1, 0.15) is 5.75 Å². The number of amides is 1. The Labute approximate surface area is 122 Å². The highest BCUT2D eigenvalue weighted by Crippen LogP contribution is 2.16. The third-order valence-corrected chi connectivity index (χ3v) is 2.98. The fourth-order valence-corrected chi connectivity index (χ4v) is 1.82. The van der Waals surface area contributed by atoms with Crippen LogP contribution >= 0.6 is 0 Å². The average Bonchev–Trinajstić information content (AvgIpc) is 2.55. The van der Waals surface area contributed by atoms with Crippen LogP contribution in [0.25, 0.3) is 0 Å². The zero-order valence-electron chi connectivity index (χ0n) is 11.6. The number of ketones is 1. The molecule has 0 aliphatic rings. The van der Waals surface area contributed by atoms with Crippen molar-refractivity contribution in [2.75, 3.05) is 0 Å². The van der Waals surface area contributed by atoms with Crippen LogP contribution in [0.4, 0.5) is 0 Å². The molecule has 0 radical (unpaired) electrons. The van der Waals surface area contributed by atoms with Crippen molar-refractivity contribution in [3.63, 3.8) is 0 Å². The summed E-state index contributed by atoms with van der Waals surface area (Å²) in [6, 6.07) is 15.6. The van der Waals surface area contributed by atoms with Crippen LogP contribution in [0.1, 0.15) is 22.8 Å². The molecule has 0 aliphatic carbocycles. The minimum absolute atomic E-state index is 0.0603. The molecule has 3 N–H and O–H groups in total. The lowest BCUT2D eigenvalue weighted by atomic mass is 10.0. The average molecular weight is 284 g/mol. The van der Waals surface area contributed by atoms with Crippen LogP contribution in [0, 0.1) is 0 Å². The topological polar surface area (TPSA) is 81.4 Å². The minimum atomic E-state index is -0.703. The Hall–Kier alpha value is -2.66. The normalized spacial score (nSPS) is 11.5. The molecule has 1 amide bonds. The van der Waals surface area contributed by atoms with E-state index in [4.69, 9.17) is 10.6 Å². The summed E-state index contributed by atoms with van der Waals surface area (Å²) in [6.45, 7) is 1.59. The monoisotopic (exact) mass is 284 g/mol. The number of carbonyl (C=O) groups excluding carboxylic acids is 2. The summed E-state index contributed by atoms with van der Waals surface area (Å²) >= 11 is 0. The van der Waals surface area contributed by atoms with Crippen molar-refractivity contribution in [2.24, 2.45) is 5.84 Å². The van der Waals surface area contributed by atoms with Crippen LogP contribution in [0.15, 0.2) is 54.6 Å². The lowest BCUT2D eigenvalue weighted by molar-refractivity contribution is -0.127. The van der Waals surface area contributed by atoms with E-state index in [-0.39, 0.29) is 5.78 Å². The predicted octanol–water partition coefficient (Wildman–Crippen LogP) is 1.67. The molecule has 2 rings (SSSR count). The van der Waals surface area contributed by atoms with E-state index in [1.165, 1.54) is 0 Å². The Kier molecular flexibility index (Phi) is 4.68. The fraction of sp³-hybridized carbons (Fsp3) is 0.125. The van der Waals surface area contributed by atoms with Gasteiger partial charge in [-0.25, -0.2) is 5.84 Å². The zero-order chi connectivity index (χ0) is 15.2. The largest absolute Gasteiger partial charge is 0.481 e. The Morgan fingerprint density at radius 1 is 1.00 bits per heavy atom. The molecule has 1 atom stereocenters. The molecule has 0 fully saturated rings. The maximum Gasteiger partial charge on any atom is 0.274 e. The highest BCUT2D eigenvalue weighted by molar-refractivity contribution is 6.08. The predicted molar refractivity (Wildman–Crippen MR) is 78.7 cm³/mol. The second-order valence-electron chi connectivity index (χ2n) is 4.49. The van der Waals surface area contributed by atoms with E-state index < -0.39 is 12.0 Å². The number of nitrogens with two attached hydrogens (primary N) is 1. The minimum Gasteiger partial charge on any atom is -0.481 e. The van der Waals surface area contributed by atoms with Gasteiger partial charge in [-0.15, -0.1) is 0 Å². The van der Waals surface area contributed by atoms with Crippen molar-refractivity contribution >= 4 is 11.7 Å². The summed E-state index contributed by atoms with van der Waals surface area (Å²) in [5, 5.41) is 0. The Bertz CT molecular complexity index is 624. The second-order valence-corrected chi connectivity index (χ2v) is 4.49. The Balaban J connectivity index is 2.09. The molecule has 0 aromatic heterocycles. The number of benzene rings is 2. The standard InChI is InChI=1S/C16H16N2O3/c1-11(16(20)18-17)21-14-9-7-13(8-10-14)15(19)12-5-3-2-4-6-12/h2-11H,17H2,1H3,(H,18,20). The van der Waals surface area contributed by atoms with E-state index in [0.717, 1.165) is 0 Å². The molecular weight excluding hydrogens is 268 g/mol. The Morgan fingerprint density at radius 3 is 2.14 bits per heavy atom. The van der Waals surface area contributed by atoms with Crippen molar-refractivity contribution in [3.8, 4) is 5.75 Å². The number of nitrogens with one attached hydrogen (secondary N) is 1. The van der Waals surface area contributed by atoms with Gasteiger partial charge in [-0.05, 0) is 31.2 Å². The van der Waals surface area contributed by atoms with E-state index in [0.29, 0.717) is 16.9 Å². The van der Waals surface area contributed by atoms with Crippen LogP contribution in [-0.2, 0) is 4.79 Å². The first-order valence-electron chi connectivity index (χ1n) is 6.48. The Morgan fingerprint density at radius 2 is 1.57 bits per heavy atom. The number of hydrazine groups is 1. The molecule has 0 saturated carbocycles. The van der Waals surface area contributed by atoms with E-state index in [1.807, 2.05) is 23.6 Å². The molecule has 108 valence electrons. The van der Waals surface area contributed by atoms with E-state index in [2.05, 4.69) is 0 Å². The molecule has 1 unspecified atom stereocenters. The van der Waals surface area contributed by atoms with Crippen LogP contribution in [0.5, 0.6) is 5.75 Å². The van der Waals surface area contributed by atoms with Gasteiger partial charge in [-0.1, -0.05) is 30.3 Å². The molecule has 2 aromatic carbocycles. The third kappa shape index (κ3) is 3.67. The molecule has 5 nitrogen and oxygen atoms in total. The summed E-state index contributed by atoms with van der Waals surface area (Å²) in [6.07, 6.45) is -0.703. The first kappa shape index (κ1) is 14.7. The molecular formula is C16H16N2O3. The van der Waals surface area contributed by atoms with Crippen LogP contribution in [0.2, 0.25) is 0 Å². The molecule has 2 aromatic rings. The summed E-state index contributed by atoms with van der Waals surface area (Å²) < 4.78 is 5.40. The van der Waals surface area contributed by atoms with Crippen molar-refractivity contribution in [2.45, 2.75) is 13.0 Å². The number of hydrogen-bond donors (Lipinski definition) is 2. The van der Waals surface area contributed by atoms with Gasteiger partial charge in [0.2, 0.25) is 0 Å². The van der Waals surface area contributed by atoms with Crippen molar-refractivity contribution < 1.29 is 14.3 Å². The molecule has 5 heteroatoms. The second kappa shape index (κ2) is 6.67. The quantitative estimate of drug-likeness (QED) is 0.379. The van der Waals surface area contributed by atoms with Gasteiger partial charge in [0, 0.05) is 11.1 Å². The first-order chi connectivity index (χ1) is 10.1. The van der Waals surface area contributed by atoms with Gasteiger partial charge in [0.05, 0.1) is 0 Å².